The van der Waals surface area contributed by atoms with E-state index in [-0.39, 0.29) is 11.7 Å². The van der Waals surface area contributed by atoms with Gasteiger partial charge in [0.15, 0.2) is 6.10 Å². The summed E-state index contributed by atoms with van der Waals surface area (Å²) in [7, 11) is 1.97. The van der Waals surface area contributed by atoms with Crippen molar-refractivity contribution in [1.82, 2.24) is 5.32 Å². The zero-order valence-corrected chi connectivity index (χ0v) is 15.2. The maximum absolute atomic E-state index is 13.1. The maximum Gasteiger partial charge on any atom is 0.260 e. The summed E-state index contributed by atoms with van der Waals surface area (Å²) >= 11 is 3.22. The number of rotatable bonds is 7. The van der Waals surface area contributed by atoms with E-state index in [1.54, 1.807) is 6.92 Å². The van der Waals surface area contributed by atoms with Gasteiger partial charge in [-0.3, -0.25) is 4.79 Å². The molecule has 1 atom stereocenters. The Bertz CT molecular complexity index is 682. The second-order valence-corrected chi connectivity index (χ2v) is 6.24. The summed E-state index contributed by atoms with van der Waals surface area (Å²) in [6.07, 6.45) is -0.672. The molecule has 0 saturated carbocycles. The number of amides is 1. The number of nitrogens with one attached hydrogen (secondary N) is 1. The van der Waals surface area contributed by atoms with Gasteiger partial charge >= 0.3 is 0 Å². The summed E-state index contributed by atoms with van der Waals surface area (Å²) in [5.74, 6) is -0.150. The van der Waals surface area contributed by atoms with Crippen LogP contribution in [0.15, 0.2) is 53.0 Å². The number of hydrogen-bond donors (Lipinski definition) is 1. The molecular weight excluding hydrogens is 375 g/mol. The molecule has 1 N–H and O–H groups in total. The van der Waals surface area contributed by atoms with Gasteiger partial charge in [-0.25, -0.2) is 4.39 Å². The minimum atomic E-state index is -0.672. The Kier molecular flexibility index (Phi) is 6.61. The molecule has 0 bridgehead atoms. The molecule has 2 aromatic rings. The summed E-state index contributed by atoms with van der Waals surface area (Å²) in [5, 5.41) is 2.84. The number of carbonyl (C=O) groups is 1. The summed E-state index contributed by atoms with van der Waals surface area (Å²) in [6, 6.07) is 14.0. The molecule has 0 aliphatic heterocycles. The van der Waals surface area contributed by atoms with E-state index in [9.17, 15) is 9.18 Å². The van der Waals surface area contributed by atoms with E-state index < -0.39 is 6.10 Å². The summed E-state index contributed by atoms with van der Waals surface area (Å²) in [6.45, 7) is 2.84. The number of para-hydroxylation sites is 1. The predicted molar refractivity (Wildman–Crippen MR) is 96.9 cm³/mol. The van der Waals surface area contributed by atoms with Crippen LogP contribution >= 0.6 is 15.9 Å². The van der Waals surface area contributed by atoms with Crippen molar-refractivity contribution in [3.05, 3.63) is 58.8 Å². The largest absolute Gasteiger partial charge is 0.480 e. The van der Waals surface area contributed by atoms with Gasteiger partial charge in [-0.1, -0.05) is 18.2 Å². The SMILES string of the molecule is CC(Oc1ccc(F)cc1Br)C(=O)NCCN(C)c1ccccc1. The first kappa shape index (κ1) is 18.3. The van der Waals surface area contributed by atoms with Crippen LogP contribution in [0.3, 0.4) is 0 Å². The van der Waals surface area contributed by atoms with E-state index >= 15 is 0 Å². The van der Waals surface area contributed by atoms with Crippen LogP contribution in [0.25, 0.3) is 0 Å². The fourth-order valence-electron chi connectivity index (χ4n) is 2.12. The molecule has 24 heavy (non-hydrogen) atoms. The lowest BCUT2D eigenvalue weighted by molar-refractivity contribution is -0.127. The highest BCUT2D eigenvalue weighted by Gasteiger charge is 2.16. The van der Waals surface area contributed by atoms with Crippen LogP contribution in [-0.4, -0.2) is 32.1 Å². The van der Waals surface area contributed by atoms with E-state index in [0.29, 0.717) is 23.3 Å². The minimum Gasteiger partial charge on any atom is -0.480 e. The first-order valence-corrected chi connectivity index (χ1v) is 8.42. The quantitative estimate of drug-likeness (QED) is 0.779. The van der Waals surface area contributed by atoms with E-state index in [1.165, 1.54) is 18.2 Å². The van der Waals surface area contributed by atoms with E-state index in [0.717, 1.165) is 5.69 Å². The number of benzene rings is 2. The highest BCUT2D eigenvalue weighted by Crippen LogP contribution is 2.26. The molecule has 0 radical (unpaired) electrons. The van der Waals surface area contributed by atoms with Gasteiger partial charge in [0.1, 0.15) is 11.6 Å². The van der Waals surface area contributed by atoms with E-state index in [4.69, 9.17) is 4.74 Å². The van der Waals surface area contributed by atoms with Crippen molar-refractivity contribution in [1.29, 1.82) is 0 Å². The molecular formula is C18H20BrFN2O2. The molecule has 2 aromatic carbocycles. The van der Waals surface area contributed by atoms with Crippen LogP contribution in [0.1, 0.15) is 6.92 Å². The van der Waals surface area contributed by atoms with Crippen LogP contribution in [0.2, 0.25) is 0 Å². The van der Waals surface area contributed by atoms with Gasteiger partial charge in [0.25, 0.3) is 5.91 Å². The number of ether oxygens (including phenoxy) is 1. The summed E-state index contributed by atoms with van der Waals surface area (Å²) in [4.78, 5) is 14.2. The third kappa shape index (κ3) is 5.23. The first-order chi connectivity index (χ1) is 11.5. The molecule has 0 aliphatic rings. The molecule has 2 rings (SSSR count). The number of likely N-dealkylation sites (N-methyl/N-ethyl adjacent to an activating group) is 1. The Morgan fingerprint density at radius 2 is 2.00 bits per heavy atom. The zero-order chi connectivity index (χ0) is 17.5. The Morgan fingerprint density at radius 3 is 2.67 bits per heavy atom. The van der Waals surface area contributed by atoms with Crippen molar-refractivity contribution in [2.24, 2.45) is 0 Å². The summed E-state index contributed by atoms with van der Waals surface area (Å²) < 4.78 is 19.1. The molecule has 6 heteroatoms. The van der Waals surface area contributed by atoms with Crippen LogP contribution < -0.4 is 15.0 Å². The van der Waals surface area contributed by atoms with Crippen molar-refractivity contribution in [3.63, 3.8) is 0 Å². The molecule has 4 nitrogen and oxygen atoms in total. The van der Waals surface area contributed by atoms with Gasteiger partial charge in [-0.15, -0.1) is 0 Å². The Balaban J connectivity index is 1.79. The predicted octanol–water partition coefficient (Wildman–Crippen LogP) is 3.61. The van der Waals surface area contributed by atoms with Gasteiger partial charge < -0.3 is 15.0 Å². The molecule has 0 spiro atoms. The van der Waals surface area contributed by atoms with Crippen molar-refractivity contribution in [2.45, 2.75) is 13.0 Å². The van der Waals surface area contributed by atoms with Crippen molar-refractivity contribution < 1.29 is 13.9 Å². The molecule has 1 unspecified atom stereocenters. The van der Waals surface area contributed by atoms with Gasteiger partial charge in [0, 0.05) is 25.8 Å². The zero-order valence-electron chi connectivity index (χ0n) is 13.6. The van der Waals surface area contributed by atoms with Crippen molar-refractivity contribution in [2.75, 3.05) is 25.0 Å². The molecule has 0 heterocycles. The average molecular weight is 395 g/mol. The lowest BCUT2D eigenvalue weighted by Crippen LogP contribution is -2.40. The fraction of sp³-hybridized carbons (Fsp3) is 0.278. The van der Waals surface area contributed by atoms with Crippen LogP contribution in [-0.2, 0) is 4.79 Å². The van der Waals surface area contributed by atoms with Crippen molar-refractivity contribution >= 4 is 27.5 Å². The normalized spacial score (nSPS) is 11.7. The third-order valence-corrected chi connectivity index (χ3v) is 4.13. The third-order valence-electron chi connectivity index (χ3n) is 3.51. The van der Waals surface area contributed by atoms with Gasteiger partial charge in [0.05, 0.1) is 4.47 Å². The topological polar surface area (TPSA) is 41.6 Å². The number of nitrogens with zero attached hydrogens (tertiary/aromatic N) is 1. The number of hydrogen-bond acceptors (Lipinski definition) is 3. The molecule has 0 fully saturated rings. The highest BCUT2D eigenvalue weighted by atomic mass is 79.9. The second-order valence-electron chi connectivity index (χ2n) is 5.38. The second kappa shape index (κ2) is 8.68. The van der Waals surface area contributed by atoms with Gasteiger partial charge in [-0.05, 0) is 53.2 Å². The van der Waals surface area contributed by atoms with Gasteiger partial charge in [-0.2, -0.15) is 0 Å². The molecule has 128 valence electrons. The Morgan fingerprint density at radius 1 is 1.29 bits per heavy atom. The van der Waals surface area contributed by atoms with E-state index in [1.807, 2.05) is 37.4 Å². The average Bonchev–Trinajstić information content (AvgIpc) is 2.57. The molecule has 0 aliphatic carbocycles. The fourth-order valence-corrected chi connectivity index (χ4v) is 2.56. The van der Waals surface area contributed by atoms with Gasteiger partial charge in [0.2, 0.25) is 0 Å². The van der Waals surface area contributed by atoms with Crippen molar-refractivity contribution in [3.8, 4) is 5.75 Å². The number of anilines is 1. The Labute approximate surface area is 149 Å². The highest BCUT2D eigenvalue weighted by molar-refractivity contribution is 9.10. The summed E-state index contributed by atoms with van der Waals surface area (Å²) in [5.41, 5.74) is 1.09. The smallest absolute Gasteiger partial charge is 0.260 e. The molecule has 1 amide bonds. The first-order valence-electron chi connectivity index (χ1n) is 7.63. The monoisotopic (exact) mass is 394 g/mol. The number of carbonyl (C=O) groups excluding carboxylic acids is 1. The minimum absolute atomic E-state index is 0.215. The molecule has 0 saturated heterocycles. The Hall–Kier alpha value is -2.08. The number of halogens is 2. The standard InChI is InChI=1S/C18H20BrFN2O2/c1-13(24-17-9-8-14(20)12-16(17)19)18(23)21-10-11-22(2)15-6-4-3-5-7-15/h3-9,12-13H,10-11H2,1-2H3,(H,21,23). The van der Waals surface area contributed by atoms with Crippen LogP contribution in [0.4, 0.5) is 10.1 Å². The van der Waals surface area contributed by atoms with Crippen LogP contribution in [0.5, 0.6) is 5.75 Å². The maximum atomic E-state index is 13.1. The lowest BCUT2D eigenvalue weighted by atomic mass is 10.3. The van der Waals surface area contributed by atoms with E-state index in [2.05, 4.69) is 26.1 Å². The lowest BCUT2D eigenvalue weighted by Gasteiger charge is -2.20. The molecule has 0 aromatic heterocycles. The van der Waals surface area contributed by atoms with Crippen LogP contribution in [0, 0.1) is 5.82 Å².